The van der Waals surface area contributed by atoms with Crippen LogP contribution in [0, 0.1) is 6.92 Å². The van der Waals surface area contributed by atoms with Crippen molar-refractivity contribution >= 4 is 11.0 Å². The zero-order valence-electron chi connectivity index (χ0n) is 16.7. The molecule has 0 aliphatic carbocycles. The van der Waals surface area contributed by atoms with Crippen molar-refractivity contribution in [2.75, 3.05) is 39.3 Å². The Hall–Kier alpha value is -2.67. The molecule has 0 unspecified atom stereocenters. The number of piperazine rings is 1. The van der Waals surface area contributed by atoms with E-state index >= 15 is 0 Å². The second-order valence-corrected chi connectivity index (χ2v) is 7.82. The van der Waals surface area contributed by atoms with Gasteiger partial charge in [-0.05, 0) is 24.6 Å². The van der Waals surface area contributed by atoms with Crippen molar-refractivity contribution in [3.63, 3.8) is 0 Å². The normalized spacial score (nSPS) is 19.5. The lowest BCUT2D eigenvalue weighted by molar-refractivity contribution is -1.02. The number of phenols is 1. The first-order valence-corrected chi connectivity index (χ1v) is 10.2. The second-order valence-electron chi connectivity index (χ2n) is 7.82. The SMILES string of the molecule is Cc1oc2c(C[NH+]3CC[NH+](CCO)CC3)c(O)ccc2c(=O)c1-c1ccccc1. The molecule has 152 valence electrons. The van der Waals surface area contributed by atoms with Crippen molar-refractivity contribution < 1.29 is 24.4 Å². The summed E-state index contributed by atoms with van der Waals surface area (Å²) in [6, 6.07) is 12.8. The van der Waals surface area contributed by atoms with Crippen molar-refractivity contribution in [1.29, 1.82) is 0 Å². The number of aliphatic hydroxyl groups excluding tert-OH is 1. The summed E-state index contributed by atoms with van der Waals surface area (Å²) < 4.78 is 6.13. The number of rotatable bonds is 5. The van der Waals surface area contributed by atoms with E-state index in [-0.39, 0.29) is 17.8 Å². The quantitative estimate of drug-likeness (QED) is 0.480. The highest BCUT2D eigenvalue weighted by atomic mass is 16.3. The van der Waals surface area contributed by atoms with Crippen LogP contribution in [-0.2, 0) is 6.54 Å². The van der Waals surface area contributed by atoms with Crippen molar-refractivity contribution in [1.82, 2.24) is 0 Å². The number of nitrogens with one attached hydrogen (secondary N) is 2. The smallest absolute Gasteiger partial charge is 0.200 e. The Morgan fingerprint density at radius 1 is 1.00 bits per heavy atom. The van der Waals surface area contributed by atoms with Gasteiger partial charge in [-0.25, -0.2) is 0 Å². The Labute approximate surface area is 169 Å². The van der Waals surface area contributed by atoms with Gasteiger partial charge >= 0.3 is 0 Å². The fourth-order valence-corrected chi connectivity index (χ4v) is 4.31. The number of aryl methyl sites for hydroxylation is 1. The molecule has 4 N–H and O–H groups in total. The first-order valence-electron chi connectivity index (χ1n) is 10.2. The molecule has 29 heavy (non-hydrogen) atoms. The maximum Gasteiger partial charge on any atom is 0.200 e. The molecule has 0 amide bonds. The third-order valence-corrected chi connectivity index (χ3v) is 5.93. The van der Waals surface area contributed by atoms with Crippen LogP contribution in [0.25, 0.3) is 22.1 Å². The molecule has 4 rings (SSSR count). The predicted octanol–water partition coefficient (Wildman–Crippen LogP) is -0.250. The van der Waals surface area contributed by atoms with Crippen LogP contribution in [0.2, 0.25) is 0 Å². The van der Waals surface area contributed by atoms with Crippen molar-refractivity contribution in [3.05, 3.63) is 64.0 Å². The van der Waals surface area contributed by atoms with Gasteiger partial charge in [0.05, 0.1) is 23.1 Å². The first kappa shape index (κ1) is 19.6. The molecule has 3 aromatic rings. The van der Waals surface area contributed by atoms with Crippen LogP contribution in [0.15, 0.2) is 51.7 Å². The minimum atomic E-state index is -0.0663. The van der Waals surface area contributed by atoms with E-state index in [4.69, 9.17) is 9.52 Å². The zero-order chi connectivity index (χ0) is 20.4. The van der Waals surface area contributed by atoms with Crippen LogP contribution in [0.4, 0.5) is 0 Å². The van der Waals surface area contributed by atoms with Crippen LogP contribution in [-0.4, -0.2) is 49.5 Å². The molecule has 0 spiro atoms. The zero-order valence-corrected chi connectivity index (χ0v) is 16.7. The van der Waals surface area contributed by atoms with Gasteiger partial charge in [-0.15, -0.1) is 0 Å². The molecule has 1 saturated heterocycles. The summed E-state index contributed by atoms with van der Waals surface area (Å²) >= 11 is 0. The number of quaternary nitrogens is 2. The van der Waals surface area contributed by atoms with Gasteiger partial charge in [0.15, 0.2) is 5.58 Å². The molecule has 1 aromatic heterocycles. The molecule has 0 saturated carbocycles. The lowest BCUT2D eigenvalue weighted by Crippen LogP contribution is -3.27. The summed E-state index contributed by atoms with van der Waals surface area (Å²) in [5.74, 6) is 0.734. The van der Waals surface area contributed by atoms with E-state index in [9.17, 15) is 9.90 Å². The van der Waals surface area contributed by atoms with Crippen LogP contribution in [0.3, 0.4) is 0 Å². The molecule has 0 bridgehead atoms. The molecule has 0 atom stereocenters. The molecule has 2 heterocycles. The van der Waals surface area contributed by atoms with Gasteiger partial charge in [-0.3, -0.25) is 4.79 Å². The van der Waals surface area contributed by atoms with E-state index in [1.54, 1.807) is 19.1 Å². The molecule has 6 heteroatoms. The first-order chi connectivity index (χ1) is 14.1. The standard InChI is InChI=1S/C23H26N2O4/c1-16-21(17-5-3-2-4-6-17)22(28)18-7-8-20(27)19(23(18)29-16)15-25-11-9-24(10-12-25)13-14-26/h2-8,26-27H,9-15H2,1H3/p+2. The predicted molar refractivity (Wildman–Crippen MR) is 111 cm³/mol. The van der Waals surface area contributed by atoms with E-state index in [0.29, 0.717) is 34.4 Å². The molecule has 0 radical (unpaired) electrons. The van der Waals surface area contributed by atoms with Crippen molar-refractivity contribution in [2.24, 2.45) is 0 Å². The Morgan fingerprint density at radius 2 is 1.69 bits per heavy atom. The van der Waals surface area contributed by atoms with Crippen LogP contribution in [0.5, 0.6) is 5.75 Å². The third-order valence-electron chi connectivity index (χ3n) is 5.93. The van der Waals surface area contributed by atoms with E-state index in [0.717, 1.165) is 38.3 Å². The lowest BCUT2D eigenvalue weighted by atomic mass is 10.0. The molecule has 1 aliphatic heterocycles. The van der Waals surface area contributed by atoms with Gasteiger partial charge in [0, 0.05) is 0 Å². The van der Waals surface area contributed by atoms with E-state index in [1.807, 2.05) is 30.3 Å². The third kappa shape index (κ3) is 3.92. The number of hydrogen-bond acceptors (Lipinski definition) is 4. The van der Waals surface area contributed by atoms with Crippen LogP contribution < -0.4 is 15.2 Å². The van der Waals surface area contributed by atoms with Gasteiger partial charge in [-0.2, -0.15) is 0 Å². The number of benzene rings is 2. The topological polar surface area (TPSA) is 79.6 Å². The van der Waals surface area contributed by atoms with E-state index < -0.39 is 0 Å². The summed E-state index contributed by atoms with van der Waals surface area (Å²) in [5.41, 5.74) is 2.53. The second kappa shape index (κ2) is 8.37. The van der Waals surface area contributed by atoms with Gasteiger partial charge in [-0.1, -0.05) is 30.3 Å². The van der Waals surface area contributed by atoms with E-state index in [1.165, 1.54) is 9.80 Å². The summed E-state index contributed by atoms with van der Waals surface area (Å²) in [6.07, 6.45) is 0. The molecule has 1 fully saturated rings. The minimum Gasteiger partial charge on any atom is -0.507 e. The lowest BCUT2D eigenvalue weighted by Gasteiger charge is -2.29. The fraction of sp³-hybridized carbons (Fsp3) is 0.348. The molecule has 6 nitrogen and oxygen atoms in total. The average Bonchev–Trinajstić information content (AvgIpc) is 2.72. The maximum atomic E-state index is 13.2. The van der Waals surface area contributed by atoms with E-state index in [2.05, 4.69) is 0 Å². The largest absolute Gasteiger partial charge is 0.507 e. The van der Waals surface area contributed by atoms with Crippen LogP contribution >= 0.6 is 0 Å². The summed E-state index contributed by atoms with van der Waals surface area (Å²) in [4.78, 5) is 16.0. The van der Waals surface area contributed by atoms with Gasteiger partial charge in [0.1, 0.15) is 50.8 Å². The molecular formula is C23H28N2O4+2. The van der Waals surface area contributed by atoms with Gasteiger partial charge in [0.25, 0.3) is 0 Å². The molecular weight excluding hydrogens is 368 g/mol. The van der Waals surface area contributed by atoms with Crippen LogP contribution in [0.1, 0.15) is 11.3 Å². The highest BCUT2D eigenvalue weighted by Gasteiger charge is 2.26. The highest BCUT2D eigenvalue weighted by molar-refractivity contribution is 5.86. The maximum absolute atomic E-state index is 13.2. The Kier molecular flexibility index (Phi) is 5.67. The fourth-order valence-electron chi connectivity index (χ4n) is 4.31. The minimum absolute atomic E-state index is 0.0663. The number of aliphatic hydroxyl groups is 1. The van der Waals surface area contributed by atoms with Gasteiger partial charge in [0.2, 0.25) is 5.43 Å². The number of hydrogen-bond donors (Lipinski definition) is 4. The monoisotopic (exact) mass is 396 g/mol. The summed E-state index contributed by atoms with van der Waals surface area (Å²) in [7, 11) is 0. The Bertz CT molecular complexity index is 1050. The van der Waals surface area contributed by atoms with Crippen molar-refractivity contribution in [3.8, 4) is 16.9 Å². The number of fused-ring (bicyclic) bond motifs is 1. The Balaban J connectivity index is 1.70. The number of phenolic OH excluding ortho intramolecular Hbond substituents is 1. The molecule has 2 aromatic carbocycles. The molecule has 1 aliphatic rings. The summed E-state index contributed by atoms with van der Waals surface area (Å²) in [6.45, 7) is 7.30. The van der Waals surface area contributed by atoms with Gasteiger partial charge < -0.3 is 24.4 Å². The highest BCUT2D eigenvalue weighted by Crippen LogP contribution is 2.29. The average molecular weight is 396 g/mol. The van der Waals surface area contributed by atoms with Crippen molar-refractivity contribution in [2.45, 2.75) is 13.5 Å². The number of aromatic hydroxyl groups is 1. The Morgan fingerprint density at radius 3 is 2.38 bits per heavy atom. The summed E-state index contributed by atoms with van der Waals surface area (Å²) in [5, 5.41) is 20.2.